The van der Waals surface area contributed by atoms with Crippen molar-refractivity contribution in [3.63, 3.8) is 0 Å². The molecule has 0 aliphatic rings. The summed E-state index contributed by atoms with van der Waals surface area (Å²) in [6.07, 6.45) is 1.44. The Kier molecular flexibility index (Phi) is 7.93. The summed E-state index contributed by atoms with van der Waals surface area (Å²) in [4.78, 5) is 14.3. The molecule has 1 unspecified atom stereocenters. The second-order valence-electron chi connectivity index (χ2n) is 4.02. The third-order valence-corrected chi connectivity index (χ3v) is 3.59. The molecular formula is C12H20N4O3S. The summed E-state index contributed by atoms with van der Waals surface area (Å²) in [6.45, 7) is 0.564. The predicted octanol–water partition coefficient (Wildman–Crippen LogP) is 0.735. The molecule has 0 saturated heterocycles. The second-order valence-corrected chi connectivity index (χ2v) is 5.12. The number of nitrogens with one attached hydrogen (secondary N) is 2. The number of aromatic nitrogens is 1. The third kappa shape index (κ3) is 6.18. The Morgan fingerprint density at radius 1 is 1.60 bits per heavy atom. The van der Waals surface area contributed by atoms with Crippen LogP contribution in [-0.2, 0) is 5.75 Å². The summed E-state index contributed by atoms with van der Waals surface area (Å²) < 4.78 is 5.23. The Morgan fingerprint density at radius 2 is 2.40 bits per heavy atom. The van der Waals surface area contributed by atoms with E-state index in [-0.39, 0.29) is 17.6 Å². The Hall–Kier alpha value is -1.38. The van der Waals surface area contributed by atoms with Gasteiger partial charge in [0.15, 0.2) is 0 Å². The molecule has 2 N–H and O–H groups in total. The monoisotopic (exact) mass is 300 g/mol. The average molecular weight is 300 g/mol. The molecule has 1 aromatic heterocycles. The lowest BCUT2D eigenvalue weighted by Gasteiger charge is -2.13. The van der Waals surface area contributed by atoms with Crippen molar-refractivity contribution < 1.29 is 9.66 Å². The Morgan fingerprint density at radius 3 is 3.05 bits per heavy atom. The first-order valence-corrected chi connectivity index (χ1v) is 7.41. The van der Waals surface area contributed by atoms with E-state index in [2.05, 4.69) is 15.6 Å². The van der Waals surface area contributed by atoms with Crippen molar-refractivity contribution in [2.24, 2.45) is 0 Å². The molecule has 0 fully saturated rings. The molecule has 0 saturated carbocycles. The zero-order chi connectivity index (χ0) is 14.8. The van der Waals surface area contributed by atoms with Crippen LogP contribution in [0, 0.1) is 10.1 Å². The van der Waals surface area contributed by atoms with Crippen molar-refractivity contribution in [3.8, 4) is 5.75 Å². The van der Waals surface area contributed by atoms with E-state index in [1.165, 1.54) is 0 Å². The number of methoxy groups -OCH3 is 1. The second kappa shape index (κ2) is 9.51. The van der Waals surface area contributed by atoms with Crippen molar-refractivity contribution in [2.75, 3.05) is 33.0 Å². The molecular weight excluding hydrogens is 280 g/mol. The highest BCUT2D eigenvalue weighted by molar-refractivity contribution is 7.98. The molecule has 20 heavy (non-hydrogen) atoms. The minimum atomic E-state index is -0.333. The van der Waals surface area contributed by atoms with Crippen LogP contribution in [0.2, 0.25) is 0 Å². The Bertz CT molecular complexity index is 419. The van der Waals surface area contributed by atoms with Gasteiger partial charge in [0, 0.05) is 29.2 Å². The minimum absolute atomic E-state index is 0.130. The molecule has 1 aromatic rings. The van der Waals surface area contributed by atoms with Gasteiger partial charge in [-0.3, -0.25) is 25.7 Å². The number of thioether (sulfide) groups is 1. The predicted molar refractivity (Wildman–Crippen MR) is 79.7 cm³/mol. The number of rotatable bonds is 10. The van der Waals surface area contributed by atoms with Gasteiger partial charge in [0.25, 0.3) is 0 Å². The quantitative estimate of drug-likeness (QED) is 0.285. The van der Waals surface area contributed by atoms with Crippen LogP contribution in [0.4, 0.5) is 0 Å². The number of hydrogen-bond donors (Lipinski definition) is 2. The molecule has 0 amide bonds. The molecule has 0 aliphatic carbocycles. The highest BCUT2D eigenvalue weighted by atomic mass is 32.2. The highest BCUT2D eigenvalue weighted by Gasteiger charge is 2.11. The smallest absolute Gasteiger partial charge is 0.231 e. The number of likely N-dealkylation sites (N-methyl/N-ethyl adjacent to an activating group) is 1. The first-order valence-electron chi connectivity index (χ1n) is 6.25. The summed E-state index contributed by atoms with van der Waals surface area (Å²) in [5, 5.41) is 16.4. The maximum absolute atomic E-state index is 10.4. The SMILES string of the molecule is CNC(C[N+](=O)[O-])NCCSCc1ncccc1OC. The fourth-order valence-electron chi connectivity index (χ4n) is 1.60. The Labute approximate surface area is 122 Å². The van der Waals surface area contributed by atoms with E-state index in [1.807, 2.05) is 12.1 Å². The van der Waals surface area contributed by atoms with Crippen LogP contribution in [0.1, 0.15) is 5.69 Å². The first-order chi connectivity index (χ1) is 9.67. The molecule has 0 aliphatic heterocycles. The zero-order valence-corrected chi connectivity index (χ0v) is 12.5. The molecule has 0 spiro atoms. The third-order valence-electron chi connectivity index (χ3n) is 2.62. The summed E-state index contributed by atoms with van der Waals surface area (Å²) in [5.41, 5.74) is 0.912. The van der Waals surface area contributed by atoms with Crippen LogP contribution in [0.3, 0.4) is 0 Å². The number of ether oxygens (including phenoxy) is 1. The van der Waals surface area contributed by atoms with Gasteiger partial charge in [-0.25, -0.2) is 0 Å². The number of hydrogen-bond acceptors (Lipinski definition) is 7. The van der Waals surface area contributed by atoms with E-state index >= 15 is 0 Å². The van der Waals surface area contributed by atoms with Crippen LogP contribution < -0.4 is 15.4 Å². The fourth-order valence-corrected chi connectivity index (χ4v) is 2.42. The van der Waals surface area contributed by atoms with Gasteiger partial charge in [0.05, 0.1) is 12.8 Å². The minimum Gasteiger partial charge on any atom is -0.495 e. The summed E-state index contributed by atoms with van der Waals surface area (Å²) >= 11 is 1.70. The molecule has 7 nitrogen and oxygen atoms in total. The van der Waals surface area contributed by atoms with Crippen LogP contribution in [-0.4, -0.2) is 49.1 Å². The van der Waals surface area contributed by atoms with Gasteiger partial charge in [0.2, 0.25) is 6.54 Å². The van der Waals surface area contributed by atoms with Crippen molar-refractivity contribution in [1.29, 1.82) is 0 Å². The van der Waals surface area contributed by atoms with E-state index in [0.29, 0.717) is 6.54 Å². The lowest BCUT2D eigenvalue weighted by atomic mass is 10.3. The number of nitrogens with zero attached hydrogens (tertiary/aromatic N) is 2. The van der Waals surface area contributed by atoms with Crippen molar-refractivity contribution in [2.45, 2.75) is 11.9 Å². The summed E-state index contributed by atoms with van der Waals surface area (Å²) in [7, 11) is 3.33. The molecule has 0 aromatic carbocycles. The van der Waals surface area contributed by atoms with Gasteiger partial charge < -0.3 is 4.74 Å². The molecule has 0 bridgehead atoms. The fraction of sp³-hybridized carbons (Fsp3) is 0.583. The number of nitro groups is 1. The largest absolute Gasteiger partial charge is 0.495 e. The lowest BCUT2D eigenvalue weighted by molar-refractivity contribution is -0.484. The van der Waals surface area contributed by atoms with Gasteiger partial charge >= 0.3 is 0 Å². The van der Waals surface area contributed by atoms with E-state index in [0.717, 1.165) is 22.9 Å². The van der Waals surface area contributed by atoms with Crippen LogP contribution >= 0.6 is 11.8 Å². The zero-order valence-electron chi connectivity index (χ0n) is 11.7. The van der Waals surface area contributed by atoms with Gasteiger partial charge in [-0.2, -0.15) is 11.8 Å². The van der Waals surface area contributed by atoms with Gasteiger partial charge in [-0.15, -0.1) is 0 Å². The van der Waals surface area contributed by atoms with Crippen LogP contribution in [0.25, 0.3) is 0 Å². The maximum atomic E-state index is 10.4. The molecule has 112 valence electrons. The topological polar surface area (TPSA) is 89.3 Å². The standard InChI is InChI=1S/C12H20N4O3S/c1-13-12(8-16(17)18)15-6-7-20-9-10-11(19-2)4-3-5-14-10/h3-5,12-13,15H,6-9H2,1-2H3. The van der Waals surface area contributed by atoms with Crippen molar-refractivity contribution in [3.05, 3.63) is 34.1 Å². The van der Waals surface area contributed by atoms with Crippen LogP contribution in [0.5, 0.6) is 5.75 Å². The van der Waals surface area contributed by atoms with E-state index in [4.69, 9.17) is 4.74 Å². The van der Waals surface area contributed by atoms with Gasteiger partial charge in [-0.05, 0) is 19.2 Å². The van der Waals surface area contributed by atoms with Crippen LogP contribution in [0.15, 0.2) is 18.3 Å². The summed E-state index contributed by atoms with van der Waals surface area (Å²) in [6, 6.07) is 3.72. The van der Waals surface area contributed by atoms with Crippen molar-refractivity contribution in [1.82, 2.24) is 15.6 Å². The molecule has 0 radical (unpaired) electrons. The highest BCUT2D eigenvalue weighted by Crippen LogP contribution is 2.19. The van der Waals surface area contributed by atoms with E-state index < -0.39 is 0 Å². The lowest BCUT2D eigenvalue weighted by Crippen LogP contribution is -2.46. The average Bonchev–Trinajstić information content (AvgIpc) is 2.45. The normalized spacial score (nSPS) is 12.1. The van der Waals surface area contributed by atoms with E-state index in [9.17, 15) is 10.1 Å². The summed E-state index contributed by atoms with van der Waals surface area (Å²) in [5.74, 6) is 2.38. The molecule has 1 rings (SSSR count). The molecule has 1 heterocycles. The van der Waals surface area contributed by atoms with Gasteiger partial charge in [-0.1, -0.05) is 0 Å². The molecule has 8 heteroatoms. The Balaban J connectivity index is 2.23. The first kappa shape index (κ1) is 16.7. The van der Waals surface area contributed by atoms with Gasteiger partial charge in [0.1, 0.15) is 11.9 Å². The maximum Gasteiger partial charge on any atom is 0.231 e. The number of pyridine rings is 1. The van der Waals surface area contributed by atoms with Crippen molar-refractivity contribution >= 4 is 11.8 Å². The molecule has 1 atom stereocenters. The van der Waals surface area contributed by atoms with E-state index in [1.54, 1.807) is 32.1 Å².